The highest BCUT2D eigenvalue weighted by atomic mass is 32.1. The van der Waals surface area contributed by atoms with Crippen LogP contribution in [0.5, 0.6) is 0 Å². The van der Waals surface area contributed by atoms with Crippen molar-refractivity contribution in [2.24, 2.45) is 0 Å². The van der Waals surface area contributed by atoms with Gasteiger partial charge in [0.25, 0.3) is 5.91 Å². The summed E-state index contributed by atoms with van der Waals surface area (Å²) in [4.78, 5) is 34.4. The molecule has 1 unspecified atom stereocenters. The second-order valence-electron chi connectivity index (χ2n) is 3.58. The first-order valence-electron chi connectivity index (χ1n) is 5.28. The van der Waals surface area contributed by atoms with Crippen LogP contribution >= 0.6 is 11.3 Å². The number of nitrogens with one attached hydrogen (secondary N) is 1. The van der Waals surface area contributed by atoms with E-state index in [1.165, 1.54) is 11.3 Å². The number of hydrogen-bond donors (Lipinski definition) is 3. The number of amides is 1. The summed E-state index contributed by atoms with van der Waals surface area (Å²) in [5.74, 6) is -3.20. The van der Waals surface area contributed by atoms with Gasteiger partial charge in [-0.15, -0.1) is 11.3 Å². The van der Waals surface area contributed by atoms with E-state index in [4.69, 9.17) is 10.2 Å². The van der Waals surface area contributed by atoms with Gasteiger partial charge in [0.05, 0.1) is 11.3 Å². The molecule has 0 aliphatic rings. The minimum absolute atomic E-state index is 0.378. The van der Waals surface area contributed by atoms with E-state index in [2.05, 4.69) is 5.32 Å². The summed E-state index contributed by atoms with van der Waals surface area (Å²) >= 11 is 1.26. The molecule has 1 atom stereocenters. The standard InChI is InChI=1S/C11H13NO5S/c1-2-6-3-4-8(18-6)10(15)12-7(11(16)17)5-9(13)14/h3-4,7H,2,5H2,1H3,(H,12,15)(H,13,14)(H,16,17). The third kappa shape index (κ3) is 3.85. The lowest BCUT2D eigenvalue weighted by atomic mass is 10.2. The van der Waals surface area contributed by atoms with Gasteiger partial charge < -0.3 is 15.5 Å². The molecule has 0 aromatic carbocycles. The van der Waals surface area contributed by atoms with Crippen molar-refractivity contribution in [3.63, 3.8) is 0 Å². The van der Waals surface area contributed by atoms with Crippen LogP contribution < -0.4 is 5.32 Å². The third-order valence-corrected chi connectivity index (χ3v) is 3.44. The molecule has 3 N–H and O–H groups in total. The Morgan fingerprint density at radius 2 is 2.00 bits per heavy atom. The number of carboxylic acids is 2. The van der Waals surface area contributed by atoms with Crippen LogP contribution in [0.1, 0.15) is 27.9 Å². The minimum Gasteiger partial charge on any atom is -0.481 e. The van der Waals surface area contributed by atoms with E-state index in [1.807, 2.05) is 6.92 Å². The van der Waals surface area contributed by atoms with Crippen molar-refractivity contribution in [1.29, 1.82) is 0 Å². The lowest BCUT2D eigenvalue weighted by molar-refractivity contribution is -0.145. The van der Waals surface area contributed by atoms with Gasteiger partial charge in [-0.1, -0.05) is 6.92 Å². The Kier molecular flexibility index (Phi) is 4.85. The molecule has 0 bridgehead atoms. The van der Waals surface area contributed by atoms with Crippen molar-refractivity contribution in [2.45, 2.75) is 25.8 Å². The maximum atomic E-state index is 11.7. The summed E-state index contributed by atoms with van der Waals surface area (Å²) in [6, 6.07) is 1.97. The molecule has 6 nitrogen and oxygen atoms in total. The van der Waals surface area contributed by atoms with Crippen LogP contribution in [0.25, 0.3) is 0 Å². The van der Waals surface area contributed by atoms with Gasteiger partial charge in [0.1, 0.15) is 6.04 Å². The summed E-state index contributed by atoms with van der Waals surface area (Å²) in [7, 11) is 0. The van der Waals surface area contributed by atoms with Crippen molar-refractivity contribution in [2.75, 3.05) is 0 Å². The molecular formula is C11H13NO5S. The first-order valence-corrected chi connectivity index (χ1v) is 6.09. The van der Waals surface area contributed by atoms with Crippen LogP contribution in [0.3, 0.4) is 0 Å². The van der Waals surface area contributed by atoms with Crippen molar-refractivity contribution < 1.29 is 24.6 Å². The number of aryl methyl sites for hydroxylation is 1. The first kappa shape index (κ1) is 14.2. The molecule has 0 fully saturated rings. The highest BCUT2D eigenvalue weighted by molar-refractivity contribution is 7.14. The predicted molar refractivity (Wildman–Crippen MR) is 64.8 cm³/mol. The summed E-state index contributed by atoms with van der Waals surface area (Å²) < 4.78 is 0. The summed E-state index contributed by atoms with van der Waals surface area (Å²) in [6.45, 7) is 1.94. The van der Waals surface area contributed by atoms with Crippen LogP contribution in [0.2, 0.25) is 0 Å². The van der Waals surface area contributed by atoms with E-state index in [0.717, 1.165) is 11.3 Å². The molecule has 1 rings (SSSR count). The minimum atomic E-state index is -1.41. The number of carbonyl (C=O) groups excluding carboxylic acids is 1. The summed E-state index contributed by atoms with van der Waals surface area (Å²) in [5.41, 5.74) is 0. The molecule has 1 aromatic rings. The Morgan fingerprint density at radius 1 is 1.33 bits per heavy atom. The monoisotopic (exact) mass is 271 g/mol. The largest absolute Gasteiger partial charge is 0.481 e. The molecule has 98 valence electrons. The fraction of sp³-hybridized carbons (Fsp3) is 0.364. The second kappa shape index (κ2) is 6.15. The SMILES string of the molecule is CCc1ccc(C(=O)NC(CC(=O)O)C(=O)O)s1. The van der Waals surface area contributed by atoms with E-state index in [-0.39, 0.29) is 0 Å². The molecule has 0 saturated carbocycles. The van der Waals surface area contributed by atoms with Gasteiger partial charge in [-0.25, -0.2) is 4.79 Å². The molecule has 0 aliphatic carbocycles. The Bertz CT molecular complexity index is 468. The van der Waals surface area contributed by atoms with Crippen LogP contribution in [-0.2, 0) is 16.0 Å². The summed E-state index contributed by atoms with van der Waals surface area (Å²) in [6.07, 6.45) is 0.141. The molecule has 1 aromatic heterocycles. The van der Waals surface area contributed by atoms with Crippen LogP contribution in [0.15, 0.2) is 12.1 Å². The van der Waals surface area contributed by atoms with Gasteiger partial charge >= 0.3 is 11.9 Å². The highest BCUT2D eigenvalue weighted by Crippen LogP contribution is 2.16. The number of thiophene rings is 1. The zero-order valence-corrected chi connectivity index (χ0v) is 10.5. The van der Waals surface area contributed by atoms with Gasteiger partial charge in [0.15, 0.2) is 0 Å². The van der Waals surface area contributed by atoms with Crippen LogP contribution in [-0.4, -0.2) is 34.1 Å². The van der Waals surface area contributed by atoms with Gasteiger partial charge in [0.2, 0.25) is 0 Å². The zero-order valence-electron chi connectivity index (χ0n) is 9.67. The van der Waals surface area contributed by atoms with Gasteiger partial charge in [-0.2, -0.15) is 0 Å². The molecule has 0 saturated heterocycles. The number of aliphatic carboxylic acids is 2. The predicted octanol–water partition coefficient (Wildman–Crippen LogP) is 0.968. The van der Waals surface area contributed by atoms with Gasteiger partial charge in [0, 0.05) is 4.88 Å². The zero-order chi connectivity index (χ0) is 13.7. The van der Waals surface area contributed by atoms with Crippen molar-refractivity contribution >= 4 is 29.2 Å². The Hall–Kier alpha value is -1.89. The molecule has 1 amide bonds. The molecule has 7 heteroatoms. The van der Waals surface area contributed by atoms with Crippen molar-refractivity contribution in [3.05, 3.63) is 21.9 Å². The maximum Gasteiger partial charge on any atom is 0.326 e. The second-order valence-corrected chi connectivity index (χ2v) is 4.75. The number of hydrogen-bond acceptors (Lipinski definition) is 4. The first-order chi connectivity index (χ1) is 8.43. The van der Waals surface area contributed by atoms with Crippen LogP contribution in [0.4, 0.5) is 0 Å². The number of carbonyl (C=O) groups is 3. The average molecular weight is 271 g/mol. The molecule has 0 spiro atoms. The Morgan fingerprint density at radius 3 is 2.44 bits per heavy atom. The van der Waals surface area contributed by atoms with Gasteiger partial charge in [-0.05, 0) is 18.6 Å². The Balaban J connectivity index is 2.71. The molecule has 0 radical (unpaired) electrons. The number of carboxylic acid groups (broad SMARTS) is 2. The van der Waals surface area contributed by atoms with E-state index in [0.29, 0.717) is 4.88 Å². The fourth-order valence-electron chi connectivity index (χ4n) is 1.29. The normalized spacial score (nSPS) is 11.8. The topological polar surface area (TPSA) is 104 Å². The molecule has 18 heavy (non-hydrogen) atoms. The molecular weight excluding hydrogens is 258 g/mol. The third-order valence-electron chi connectivity index (χ3n) is 2.22. The smallest absolute Gasteiger partial charge is 0.326 e. The lowest BCUT2D eigenvalue weighted by Crippen LogP contribution is -2.41. The quantitative estimate of drug-likeness (QED) is 0.715. The molecule has 1 heterocycles. The van der Waals surface area contributed by atoms with E-state index in [1.54, 1.807) is 12.1 Å². The van der Waals surface area contributed by atoms with Crippen LogP contribution in [0, 0.1) is 0 Å². The van der Waals surface area contributed by atoms with E-state index >= 15 is 0 Å². The van der Waals surface area contributed by atoms with Crippen molar-refractivity contribution in [3.8, 4) is 0 Å². The van der Waals surface area contributed by atoms with E-state index in [9.17, 15) is 14.4 Å². The van der Waals surface area contributed by atoms with Crippen molar-refractivity contribution in [1.82, 2.24) is 5.32 Å². The summed E-state index contributed by atoms with van der Waals surface area (Å²) in [5, 5.41) is 19.5. The Labute approximate surface area is 107 Å². The van der Waals surface area contributed by atoms with E-state index < -0.39 is 30.3 Å². The average Bonchev–Trinajstić information content (AvgIpc) is 2.75. The van der Waals surface area contributed by atoms with Gasteiger partial charge in [-0.3, -0.25) is 9.59 Å². The highest BCUT2D eigenvalue weighted by Gasteiger charge is 2.24. The lowest BCUT2D eigenvalue weighted by Gasteiger charge is -2.11. The fourth-order valence-corrected chi connectivity index (χ4v) is 2.14. The molecule has 0 aliphatic heterocycles. The maximum absolute atomic E-state index is 11.7. The number of rotatable bonds is 6.